The van der Waals surface area contributed by atoms with Gasteiger partial charge >= 0.3 is 5.69 Å². The maximum absolute atomic E-state index is 15.4. The summed E-state index contributed by atoms with van der Waals surface area (Å²) in [6.07, 6.45) is 3.82. The van der Waals surface area contributed by atoms with E-state index in [4.69, 9.17) is 30.5 Å². The average Bonchev–Trinajstić information content (AvgIpc) is 3.31. The average molecular weight is 677 g/mol. The van der Waals surface area contributed by atoms with Gasteiger partial charge in [0.25, 0.3) is 5.91 Å². The van der Waals surface area contributed by atoms with Gasteiger partial charge in [0.05, 0.1) is 43.2 Å². The number of anilines is 1. The molecule has 1 amide bonds. The molecule has 0 saturated carbocycles. The van der Waals surface area contributed by atoms with Crippen LogP contribution in [-0.2, 0) is 11.8 Å². The van der Waals surface area contributed by atoms with Crippen molar-refractivity contribution in [3.63, 3.8) is 0 Å². The molecule has 1 fully saturated rings. The van der Waals surface area contributed by atoms with Crippen molar-refractivity contribution in [3.8, 4) is 28.8 Å². The van der Waals surface area contributed by atoms with Crippen LogP contribution in [0.5, 0.6) is 23.0 Å². The van der Waals surface area contributed by atoms with Gasteiger partial charge < -0.3 is 24.3 Å². The Kier molecular flexibility index (Phi) is 9.90. The number of ether oxygens (including phenoxy) is 4. The third-order valence-electron chi connectivity index (χ3n) is 8.02. The molecule has 48 heavy (non-hydrogen) atoms. The van der Waals surface area contributed by atoms with Crippen LogP contribution in [0.25, 0.3) is 16.7 Å². The van der Waals surface area contributed by atoms with Crippen LogP contribution in [0.4, 0.5) is 10.1 Å². The normalized spacial score (nSPS) is 13.4. The molecule has 250 valence electrons. The number of pyridine rings is 2. The molecule has 2 aromatic carbocycles. The molecule has 14 heteroatoms. The number of morpholine rings is 1. The Morgan fingerprint density at radius 1 is 1.04 bits per heavy atom. The molecular formula is C34H34ClFN6O6. The number of nitrogens with zero attached hydrogens (tertiary/aromatic N) is 5. The van der Waals surface area contributed by atoms with Crippen LogP contribution >= 0.6 is 11.6 Å². The first-order chi connectivity index (χ1) is 23.2. The molecule has 12 nitrogen and oxygen atoms in total. The van der Waals surface area contributed by atoms with Gasteiger partial charge in [0, 0.05) is 62.3 Å². The van der Waals surface area contributed by atoms with Crippen molar-refractivity contribution < 1.29 is 28.1 Å². The number of methoxy groups -OCH3 is 1. The lowest BCUT2D eigenvalue weighted by Gasteiger charge is -2.26. The summed E-state index contributed by atoms with van der Waals surface area (Å²) in [6, 6.07) is 12.4. The maximum Gasteiger partial charge on any atom is 0.334 e. The number of fused-ring (bicyclic) bond motifs is 1. The number of hydrogen-bond acceptors (Lipinski definition) is 9. The number of amides is 1. The monoisotopic (exact) mass is 676 g/mol. The van der Waals surface area contributed by atoms with Gasteiger partial charge in [0.1, 0.15) is 17.3 Å². The third-order valence-corrected chi connectivity index (χ3v) is 8.25. The number of hydrogen-bond donors (Lipinski definition) is 1. The molecule has 0 spiro atoms. The van der Waals surface area contributed by atoms with E-state index < -0.39 is 17.4 Å². The zero-order chi connectivity index (χ0) is 33.8. The minimum Gasteiger partial charge on any atom is -0.493 e. The Morgan fingerprint density at radius 3 is 2.58 bits per heavy atom. The summed E-state index contributed by atoms with van der Waals surface area (Å²) in [5.74, 6) is 0.347. The molecule has 4 heterocycles. The van der Waals surface area contributed by atoms with E-state index in [0.29, 0.717) is 51.3 Å². The van der Waals surface area contributed by atoms with Crippen molar-refractivity contribution in [2.45, 2.75) is 13.3 Å². The van der Waals surface area contributed by atoms with Gasteiger partial charge in [-0.15, -0.1) is 0 Å². The summed E-state index contributed by atoms with van der Waals surface area (Å²) in [5, 5.41) is 3.68. The number of nitrogens with one attached hydrogen (secondary N) is 1. The lowest BCUT2D eigenvalue weighted by molar-refractivity contribution is 0.0357. The lowest BCUT2D eigenvalue weighted by atomic mass is 10.1. The number of rotatable bonds is 11. The zero-order valence-corrected chi connectivity index (χ0v) is 27.4. The van der Waals surface area contributed by atoms with Crippen LogP contribution < -0.4 is 25.2 Å². The van der Waals surface area contributed by atoms with Crippen molar-refractivity contribution in [1.82, 2.24) is 24.0 Å². The van der Waals surface area contributed by atoms with Gasteiger partial charge in [-0.3, -0.25) is 19.2 Å². The van der Waals surface area contributed by atoms with Gasteiger partial charge in [-0.25, -0.2) is 18.7 Å². The van der Waals surface area contributed by atoms with Crippen molar-refractivity contribution in [2.24, 2.45) is 7.05 Å². The Morgan fingerprint density at radius 2 is 1.85 bits per heavy atom. The Hall–Kier alpha value is -4.98. The first kappa shape index (κ1) is 32.9. The minimum absolute atomic E-state index is 0.0635. The van der Waals surface area contributed by atoms with E-state index in [1.165, 1.54) is 34.5 Å². The van der Waals surface area contributed by atoms with Gasteiger partial charge in [0.15, 0.2) is 23.1 Å². The maximum atomic E-state index is 15.4. The van der Waals surface area contributed by atoms with E-state index in [9.17, 15) is 9.59 Å². The van der Waals surface area contributed by atoms with Gasteiger partial charge in [0.2, 0.25) is 0 Å². The van der Waals surface area contributed by atoms with Crippen molar-refractivity contribution in [2.75, 3.05) is 51.9 Å². The molecule has 0 radical (unpaired) electrons. The molecule has 0 atom stereocenters. The molecule has 0 bridgehead atoms. The van der Waals surface area contributed by atoms with Crippen LogP contribution in [0.1, 0.15) is 22.6 Å². The highest BCUT2D eigenvalue weighted by Crippen LogP contribution is 2.38. The standard InChI is InChI=1S/C34H34ClFN6O6/c1-21-32(40(2)34(44)42(21)31-8-5-22(35)20-38-31)33(43)39-23-6-7-28(25(36)17-23)48-27-9-10-37-26-19-30(29(45-3)18-24(26)27)47-14-4-11-41-12-15-46-16-13-41/h5-10,17-20H,4,11-16H2,1-3H3,(H,39,43). The highest BCUT2D eigenvalue weighted by atomic mass is 35.5. The summed E-state index contributed by atoms with van der Waals surface area (Å²) in [7, 11) is 3.03. The number of carbonyl (C=O) groups is 1. The molecule has 5 aromatic rings. The van der Waals surface area contributed by atoms with E-state index in [1.54, 1.807) is 50.6 Å². The highest BCUT2D eigenvalue weighted by molar-refractivity contribution is 6.30. The molecule has 1 N–H and O–H groups in total. The van der Waals surface area contributed by atoms with Crippen LogP contribution in [0.15, 0.2) is 65.7 Å². The van der Waals surface area contributed by atoms with E-state index in [2.05, 4.69) is 20.2 Å². The topological polar surface area (TPSA) is 122 Å². The number of aromatic nitrogens is 4. The summed E-state index contributed by atoms with van der Waals surface area (Å²) in [6.45, 7) is 6.39. The summed E-state index contributed by atoms with van der Waals surface area (Å²) in [4.78, 5) is 37.2. The van der Waals surface area contributed by atoms with E-state index in [0.717, 1.165) is 45.3 Å². The summed E-state index contributed by atoms with van der Waals surface area (Å²) >= 11 is 5.93. The Labute approximate surface area is 280 Å². The molecule has 0 aliphatic carbocycles. The minimum atomic E-state index is -0.710. The van der Waals surface area contributed by atoms with Crippen molar-refractivity contribution in [1.29, 1.82) is 0 Å². The fourth-order valence-electron chi connectivity index (χ4n) is 5.58. The van der Waals surface area contributed by atoms with Crippen LogP contribution in [-0.4, -0.2) is 76.5 Å². The zero-order valence-electron chi connectivity index (χ0n) is 26.7. The Bertz CT molecular complexity index is 2010. The van der Waals surface area contributed by atoms with E-state index in [-0.39, 0.29) is 17.1 Å². The van der Waals surface area contributed by atoms with Gasteiger partial charge in [-0.05, 0) is 49.7 Å². The predicted octanol–water partition coefficient (Wildman–Crippen LogP) is 5.37. The fraction of sp³-hybridized carbons (Fsp3) is 0.294. The molecule has 1 aliphatic heterocycles. The molecule has 0 unspecified atom stereocenters. The summed E-state index contributed by atoms with van der Waals surface area (Å²) in [5.41, 5.74) is 0.742. The second-order valence-electron chi connectivity index (χ2n) is 11.1. The molecular weight excluding hydrogens is 643 g/mol. The van der Waals surface area contributed by atoms with Crippen LogP contribution in [0.2, 0.25) is 5.02 Å². The first-order valence-corrected chi connectivity index (χ1v) is 15.7. The predicted molar refractivity (Wildman–Crippen MR) is 179 cm³/mol. The van der Waals surface area contributed by atoms with Crippen LogP contribution in [0.3, 0.4) is 0 Å². The summed E-state index contributed by atoms with van der Waals surface area (Å²) < 4.78 is 40.9. The second-order valence-corrected chi connectivity index (χ2v) is 11.6. The second kappa shape index (κ2) is 14.4. The first-order valence-electron chi connectivity index (χ1n) is 15.3. The molecule has 6 rings (SSSR count). The molecule has 3 aromatic heterocycles. The fourth-order valence-corrected chi connectivity index (χ4v) is 5.69. The van der Waals surface area contributed by atoms with Crippen LogP contribution in [0, 0.1) is 12.7 Å². The molecule has 1 aliphatic rings. The highest BCUT2D eigenvalue weighted by Gasteiger charge is 2.23. The van der Waals surface area contributed by atoms with E-state index >= 15 is 4.39 Å². The van der Waals surface area contributed by atoms with Gasteiger partial charge in [-0.2, -0.15) is 0 Å². The quantitative estimate of drug-likeness (QED) is 0.184. The number of carbonyl (C=O) groups excluding carboxylic acids is 1. The SMILES string of the molecule is COc1cc2c(Oc3ccc(NC(=O)c4c(C)n(-c5ccc(Cl)cn5)c(=O)n4C)cc3F)ccnc2cc1OCCCN1CCOCC1. The number of imidazole rings is 1. The largest absolute Gasteiger partial charge is 0.493 e. The number of benzene rings is 2. The van der Waals surface area contributed by atoms with Gasteiger partial charge in [-0.1, -0.05) is 11.6 Å². The lowest BCUT2D eigenvalue weighted by Crippen LogP contribution is -2.37. The van der Waals surface area contributed by atoms with E-state index in [1.807, 2.05) is 0 Å². The number of halogens is 2. The van der Waals surface area contributed by atoms with Crippen molar-refractivity contribution in [3.05, 3.63) is 93.6 Å². The van der Waals surface area contributed by atoms with Crippen molar-refractivity contribution >= 4 is 34.1 Å². The smallest absolute Gasteiger partial charge is 0.334 e. The third kappa shape index (κ3) is 6.98. The molecule has 1 saturated heterocycles. The Balaban J connectivity index is 1.16.